The largest absolute Gasteiger partial charge is 0.300 e. The van der Waals surface area contributed by atoms with E-state index in [0.717, 1.165) is 5.56 Å². The van der Waals surface area contributed by atoms with Gasteiger partial charge in [0.15, 0.2) is 0 Å². The standard InChI is InChI=1S/C15H9BrClNO2/c16-11-5-2-6-12-13(11)14(19)15(20)18(12)8-9-3-1-4-10(17)7-9/h1-7H,8H2. The highest BCUT2D eigenvalue weighted by Gasteiger charge is 2.37. The van der Waals surface area contributed by atoms with Crippen molar-refractivity contribution in [3.05, 3.63) is 63.1 Å². The van der Waals surface area contributed by atoms with Gasteiger partial charge in [0.2, 0.25) is 0 Å². The Morgan fingerprint density at radius 1 is 1.10 bits per heavy atom. The monoisotopic (exact) mass is 349 g/mol. The van der Waals surface area contributed by atoms with Gasteiger partial charge in [0.1, 0.15) is 0 Å². The predicted molar refractivity (Wildman–Crippen MR) is 81.1 cm³/mol. The number of ketones is 1. The minimum atomic E-state index is -0.508. The third-order valence-electron chi connectivity index (χ3n) is 3.18. The second-order valence-electron chi connectivity index (χ2n) is 4.48. The third kappa shape index (κ3) is 2.15. The molecule has 0 radical (unpaired) electrons. The molecule has 1 aliphatic rings. The van der Waals surface area contributed by atoms with Crippen molar-refractivity contribution in [1.82, 2.24) is 0 Å². The molecule has 0 atom stereocenters. The zero-order chi connectivity index (χ0) is 14.3. The highest BCUT2D eigenvalue weighted by atomic mass is 79.9. The second kappa shape index (κ2) is 5.04. The van der Waals surface area contributed by atoms with Crippen LogP contribution >= 0.6 is 27.5 Å². The summed E-state index contributed by atoms with van der Waals surface area (Å²) in [5.41, 5.74) is 1.94. The van der Waals surface area contributed by atoms with Crippen LogP contribution in [0, 0.1) is 0 Å². The number of fused-ring (bicyclic) bond motifs is 1. The third-order valence-corrected chi connectivity index (χ3v) is 4.07. The predicted octanol–water partition coefficient (Wildman–Crippen LogP) is 3.83. The number of hydrogen-bond donors (Lipinski definition) is 0. The lowest BCUT2D eigenvalue weighted by Crippen LogP contribution is -2.29. The first-order valence-corrected chi connectivity index (χ1v) is 7.14. The van der Waals surface area contributed by atoms with Crippen molar-refractivity contribution >= 4 is 44.9 Å². The summed E-state index contributed by atoms with van der Waals surface area (Å²) in [4.78, 5) is 25.6. The zero-order valence-electron chi connectivity index (χ0n) is 10.3. The van der Waals surface area contributed by atoms with Crippen LogP contribution in [0.15, 0.2) is 46.9 Å². The van der Waals surface area contributed by atoms with E-state index >= 15 is 0 Å². The molecule has 5 heteroatoms. The summed E-state index contributed by atoms with van der Waals surface area (Å²) in [6.45, 7) is 0.328. The number of hydrogen-bond acceptors (Lipinski definition) is 2. The summed E-state index contributed by atoms with van der Waals surface area (Å²) >= 11 is 9.26. The van der Waals surface area contributed by atoms with Gasteiger partial charge in [-0.2, -0.15) is 0 Å². The van der Waals surface area contributed by atoms with E-state index in [1.54, 1.807) is 30.3 Å². The van der Waals surface area contributed by atoms with Gasteiger partial charge in [-0.05, 0) is 45.8 Å². The lowest BCUT2D eigenvalue weighted by molar-refractivity contribution is -0.114. The normalized spacial score (nSPS) is 13.8. The SMILES string of the molecule is O=C1C(=O)N(Cc2cccc(Cl)c2)c2cccc(Br)c21. The Morgan fingerprint density at radius 3 is 2.60 bits per heavy atom. The Labute approximate surface area is 129 Å². The van der Waals surface area contributed by atoms with Gasteiger partial charge < -0.3 is 4.90 Å². The Kier molecular flexibility index (Phi) is 3.36. The molecule has 0 aliphatic carbocycles. The quantitative estimate of drug-likeness (QED) is 0.772. The van der Waals surface area contributed by atoms with Crippen molar-refractivity contribution in [1.29, 1.82) is 0 Å². The van der Waals surface area contributed by atoms with Crippen LogP contribution in [0.4, 0.5) is 5.69 Å². The molecule has 20 heavy (non-hydrogen) atoms. The molecule has 0 bridgehead atoms. The Bertz CT molecular complexity index is 730. The number of amides is 1. The van der Waals surface area contributed by atoms with E-state index in [1.807, 2.05) is 12.1 Å². The van der Waals surface area contributed by atoms with Gasteiger partial charge in [0, 0.05) is 9.50 Å². The molecule has 0 aromatic heterocycles. The van der Waals surface area contributed by atoms with Crippen LogP contribution in [-0.2, 0) is 11.3 Å². The van der Waals surface area contributed by atoms with Gasteiger partial charge in [-0.1, -0.05) is 29.8 Å². The van der Waals surface area contributed by atoms with Crippen molar-refractivity contribution in [2.45, 2.75) is 6.54 Å². The molecule has 0 fully saturated rings. The fraction of sp³-hybridized carbons (Fsp3) is 0.0667. The molecule has 0 N–H and O–H groups in total. The van der Waals surface area contributed by atoms with Gasteiger partial charge in [-0.3, -0.25) is 9.59 Å². The summed E-state index contributed by atoms with van der Waals surface area (Å²) in [5, 5.41) is 0.606. The molecule has 2 aromatic rings. The molecular formula is C15H9BrClNO2. The van der Waals surface area contributed by atoms with E-state index in [2.05, 4.69) is 15.9 Å². The first kappa shape index (κ1) is 13.3. The molecular weight excluding hydrogens is 342 g/mol. The molecule has 100 valence electrons. The molecule has 3 rings (SSSR count). The average molecular weight is 351 g/mol. The molecule has 0 spiro atoms. The Balaban J connectivity index is 2.02. The van der Waals surface area contributed by atoms with E-state index in [9.17, 15) is 9.59 Å². The minimum absolute atomic E-state index is 0.328. The van der Waals surface area contributed by atoms with Gasteiger partial charge in [0.25, 0.3) is 11.7 Å². The minimum Gasteiger partial charge on any atom is -0.300 e. The zero-order valence-corrected chi connectivity index (χ0v) is 12.6. The van der Waals surface area contributed by atoms with Crippen LogP contribution in [0.3, 0.4) is 0 Å². The van der Waals surface area contributed by atoms with Crippen LogP contribution < -0.4 is 4.90 Å². The van der Waals surface area contributed by atoms with E-state index < -0.39 is 11.7 Å². The number of carbonyl (C=O) groups is 2. The molecule has 1 aliphatic heterocycles. The number of nitrogens with zero attached hydrogens (tertiary/aromatic N) is 1. The van der Waals surface area contributed by atoms with Crippen LogP contribution in [0.25, 0.3) is 0 Å². The highest BCUT2D eigenvalue weighted by Crippen LogP contribution is 2.35. The van der Waals surface area contributed by atoms with Gasteiger partial charge >= 0.3 is 0 Å². The second-order valence-corrected chi connectivity index (χ2v) is 5.78. The van der Waals surface area contributed by atoms with Gasteiger partial charge in [-0.15, -0.1) is 0 Å². The average Bonchev–Trinajstić information content (AvgIpc) is 2.65. The van der Waals surface area contributed by atoms with Crippen LogP contribution in [0.5, 0.6) is 0 Å². The summed E-state index contributed by atoms with van der Waals surface area (Å²) in [6, 6.07) is 12.6. The smallest absolute Gasteiger partial charge is 0.299 e. The number of rotatable bonds is 2. The van der Waals surface area contributed by atoms with Crippen LogP contribution in [0.2, 0.25) is 5.02 Å². The number of carbonyl (C=O) groups excluding carboxylic acids is 2. The first-order chi connectivity index (χ1) is 9.58. The number of Topliss-reactive ketones (excluding diaryl/α,β-unsaturated/α-hetero) is 1. The van der Waals surface area contributed by atoms with E-state index in [0.29, 0.717) is 27.3 Å². The number of anilines is 1. The van der Waals surface area contributed by atoms with Gasteiger partial charge in [0.05, 0.1) is 17.8 Å². The van der Waals surface area contributed by atoms with Gasteiger partial charge in [-0.25, -0.2) is 0 Å². The fourth-order valence-corrected chi connectivity index (χ4v) is 3.02. The first-order valence-electron chi connectivity index (χ1n) is 5.97. The molecule has 0 saturated carbocycles. The molecule has 1 heterocycles. The van der Waals surface area contributed by atoms with E-state index in [4.69, 9.17) is 11.6 Å². The van der Waals surface area contributed by atoms with Crippen molar-refractivity contribution in [2.24, 2.45) is 0 Å². The molecule has 1 amide bonds. The summed E-state index contributed by atoms with van der Waals surface area (Å²) in [6.07, 6.45) is 0. The Morgan fingerprint density at radius 2 is 1.85 bits per heavy atom. The Hall–Kier alpha value is -1.65. The summed E-state index contributed by atoms with van der Waals surface area (Å²) in [5.74, 6) is -0.985. The van der Waals surface area contributed by atoms with Crippen molar-refractivity contribution in [3.63, 3.8) is 0 Å². The number of halogens is 2. The van der Waals surface area contributed by atoms with E-state index in [-0.39, 0.29) is 0 Å². The van der Waals surface area contributed by atoms with E-state index in [1.165, 1.54) is 4.90 Å². The molecule has 0 saturated heterocycles. The maximum atomic E-state index is 12.1. The molecule has 3 nitrogen and oxygen atoms in total. The highest BCUT2D eigenvalue weighted by molar-refractivity contribution is 9.10. The summed E-state index contributed by atoms with van der Waals surface area (Å²) < 4.78 is 0.641. The lowest BCUT2D eigenvalue weighted by atomic mass is 10.1. The molecule has 2 aromatic carbocycles. The van der Waals surface area contributed by atoms with Crippen LogP contribution in [0.1, 0.15) is 15.9 Å². The lowest BCUT2D eigenvalue weighted by Gasteiger charge is -2.16. The van der Waals surface area contributed by atoms with Crippen molar-refractivity contribution in [2.75, 3.05) is 4.90 Å². The fourth-order valence-electron chi connectivity index (χ4n) is 2.28. The maximum absolute atomic E-state index is 12.1. The molecule has 0 unspecified atom stereocenters. The van der Waals surface area contributed by atoms with Crippen LogP contribution in [-0.4, -0.2) is 11.7 Å². The van der Waals surface area contributed by atoms with Crippen molar-refractivity contribution < 1.29 is 9.59 Å². The van der Waals surface area contributed by atoms with Crippen molar-refractivity contribution in [3.8, 4) is 0 Å². The maximum Gasteiger partial charge on any atom is 0.299 e. The summed E-state index contributed by atoms with van der Waals surface area (Å²) in [7, 11) is 0. The number of benzene rings is 2. The topological polar surface area (TPSA) is 37.4 Å².